The summed E-state index contributed by atoms with van der Waals surface area (Å²) in [6.07, 6.45) is 2.84. The van der Waals surface area contributed by atoms with Crippen LogP contribution in [0.2, 0.25) is 0 Å². The Morgan fingerprint density at radius 3 is 3.00 bits per heavy atom. The van der Waals surface area contributed by atoms with E-state index in [0.29, 0.717) is 13.0 Å². The third kappa shape index (κ3) is 3.92. The number of carbonyl (C=O) groups is 1. The number of carbonyl (C=O) groups excluding carboxylic acids is 1. The summed E-state index contributed by atoms with van der Waals surface area (Å²) in [4.78, 5) is 19.7. The van der Waals surface area contributed by atoms with Gasteiger partial charge in [0.1, 0.15) is 11.4 Å². The van der Waals surface area contributed by atoms with E-state index < -0.39 is 0 Å². The Morgan fingerprint density at radius 1 is 1.32 bits per heavy atom. The van der Waals surface area contributed by atoms with Crippen molar-refractivity contribution in [2.75, 3.05) is 12.4 Å². The first-order valence-electron chi connectivity index (χ1n) is 6.29. The van der Waals surface area contributed by atoms with E-state index in [0.717, 1.165) is 28.1 Å². The van der Waals surface area contributed by atoms with Gasteiger partial charge in [0, 0.05) is 17.6 Å². The Bertz CT molecular complexity index is 555. The number of nitrogens with zero attached hydrogens (tertiary/aromatic N) is 2. The molecule has 0 amide bonds. The fourth-order valence-corrected chi connectivity index (χ4v) is 2.65. The van der Waals surface area contributed by atoms with Crippen LogP contribution in [0.4, 0.5) is 0 Å². The molecule has 0 aliphatic rings. The number of aromatic nitrogens is 2. The Kier molecular flexibility index (Phi) is 5.15. The number of para-hydroxylation sites is 1. The highest BCUT2D eigenvalue weighted by molar-refractivity contribution is 7.99. The average molecular weight is 276 g/mol. The van der Waals surface area contributed by atoms with E-state index >= 15 is 0 Å². The van der Waals surface area contributed by atoms with Gasteiger partial charge in [0.25, 0.3) is 0 Å². The molecule has 0 N–H and O–H groups in total. The van der Waals surface area contributed by atoms with Crippen LogP contribution in [0.1, 0.15) is 19.8 Å². The van der Waals surface area contributed by atoms with E-state index in [1.807, 2.05) is 31.2 Å². The monoisotopic (exact) mass is 276 g/mol. The Balaban J connectivity index is 1.90. The molecule has 0 spiro atoms. The zero-order valence-electron chi connectivity index (χ0n) is 10.8. The van der Waals surface area contributed by atoms with Crippen molar-refractivity contribution >= 4 is 28.6 Å². The van der Waals surface area contributed by atoms with Gasteiger partial charge < -0.3 is 4.74 Å². The van der Waals surface area contributed by atoms with E-state index in [1.165, 1.54) is 0 Å². The molecular formula is C14H16N2O2S. The lowest BCUT2D eigenvalue weighted by atomic mass is 10.2. The largest absolute Gasteiger partial charge is 0.466 e. The Hall–Kier alpha value is -1.62. The highest BCUT2D eigenvalue weighted by Gasteiger charge is 2.05. The maximum Gasteiger partial charge on any atom is 0.305 e. The van der Waals surface area contributed by atoms with E-state index in [-0.39, 0.29) is 5.97 Å². The molecule has 1 heterocycles. The molecule has 5 heteroatoms. The van der Waals surface area contributed by atoms with Gasteiger partial charge in [0.05, 0.1) is 12.1 Å². The normalized spacial score (nSPS) is 10.6. The van der Waals surface area contributed by atoms with Gasteiger partial charge in [-0.15, -0.1) is 11.8 Å². The Labute approximate surface area is 116 Å². The molecule has 2 aromatic rings. The summed E-state index contributed by atoms with van der Waals surface area (Å²) in [5, 5.41) is 2.03. The third-order valence-electron chi connectivity index (χ3n) is 2.58. The topological polar surface area (TPSA) is 52.1 Å². The van der Waals surface area contributed by atoms with E-state index in [2.05, 4.69) is 9.97 Å². The number of esters is 1. The summed E-state index contributed by atoms with van der Waals surface area (Å²) in [7, 11) is 0. The lowest BCUT2D eigenvalue weighted by Gasteiger charge is -2.04. The van der Waals surface area contributed by atoms with Gasteiger partial charge in [-0.3, -0.25) is 4.79 Å². The quantitative estimate of drug-likeness (QED) is 0.351. The highest BCUT2D eigenvalue weighted by atomic mass is 32.2. The van der Waals surface area contributed by atoms with Crippen molar-refractivity contribution in [1.29, 1.82) is 0 Å². The molecular weight excluding hydrogens is 260 g/mol. The number of benzene rings is 1. The minimum absolute atomic E-state index is 0.129. The lowest BCUT2D eigenvalue weighted by molar-refractivity contribution is -0.143. The van der Waals surface area contributed by atoms with Gasteiger partial charge in [-0.25, -0.2) is 9.97 Å². The summed E-state index contributed by atoms with van der Waals surface area (Å²) >= 11 is 1.65. The Morgan fingerprint density at radius 2 is 2.16 bits per heavy atom. The van der Waals surface area contributed by atoms with Crippen molar-refractivity contribution in [2.45, 2.75) is 24.8 Å². The molecule has 0 saturated carbocycles. The van der Waals surface area contributed by atoms with Crippen molar-refractivity contribution in [3.05, 3.63) is 30.6 Å². The number of fused-ring (bicyclic) bond motifs is 1. The molecule has 19 heavy (non-hydrogen) atoms. The molecule has 0 atom stereocenters. The van der Waals surface area contributed by atoms with E-state index in [9.17, 15) is 4.79 Å². The minimum atomic E-state index is -0.129. The average Bonchev–Trinajstić information content (AvgIpc) is 2.44. The van der Waals surface area contributed by atoms with Crippen LogP contribution in [0.5, 0.6) is 0 Å². The molecule has 0 aliphatic heterocycles. The van der Waals surface area contributed by atoms with E-state index in [4.69, 9.17) is 4.74 Å². The van der Waals surface area contributed by atoms with Crippen molar-refractivity contribution in [3.63, 3.8) is 0 Å². The van der Waals surface area contributed by atoms with Crippen LogP contribution < -0.4 is 0 Å². The summed E-state index contributed by atoms with van der Waals surface area (Å²) in [6.45, 7) is 2.27. The molecule has 0 aliphatic carbocycles. The van der Waals surface area contributed by atoms with Gasteiger partial charge in [-0.1, -0.05) is 18.2 Å². The molecule has 0 unspecified atom stereocenters. The number of thioether (sulfide) groups is 1. The number of hydrogen-bond donors (Lipinski definition) is 0. The van der Waals surface area contributed by atoms with Crippen molar-refractivity contribution in [3.8, 4) is 0 Å². The molecule has 1 aromatic heterocycles. The molecule has 1 aromatic carbocycles. The summed E-state index contributed by atoms with van der Waals surface area (Å²) in [5.41, 5.74) is 0.949. The summed E-state index contributed by atoms with van der Waals surface area (Å²) in [5.74, 6) is 0.718. The van der Waals surface area contributed by atoms with Gasteiger partial charge in [-0.05, 0) is 19.4 Å². The van der Waals surface area contributed by atoms with E-state index in [1.54, 1.807) is 18.1 Å². The summed E-state index contributed by atoms with van der Waals surface area (Å²) < 4.78 is 4.89. The zero-order chi connectivity index (χ0) is 13.5. The molecule has 0 radical (unpaired) electrons. The maximum absolute atomic E-state index is 11.2. The zero-order valence-corrected chi connectivity index (χ0v) is 11.7. The summed E-state index contributed by atoms with van der Waals surface area (Å²) in [6, 6.07) is 7.93. The van der Waals surface area contributed by atoms with Crippen LogP contribution in [0, 0.1) is 0 Å². The maximum atomic E-state index is 11.2. The molecule has 0 saturated heterocycles. The lowest BCUT2D eigenvalue weighted by Crippen LogP contribution is -2.03. The fourth-order valence-electron chi connectivity index (χ4n) is 1.71. The van der Waals surface area contributed by atoms with Crippen LogP contribution in [-0.4, -0.2) is 28.3 Å². The van der Waals surface area contributed by atoms with Gasteiger partial charge in [0.2, 0.25) is 0 Å². The molecule has 2 rings (SSSR count). The third-order valence-corrected chi connectivity index (χ3v) is 3.67. The van der Waals surface area contributed by atoms with Crippen LogP contribution in [0.15, 0.2) is 35.6 Å². The second-order valence-corrected chi connectivity index (χ2v) is 5.04. The first kappa shape index (κ1) is 13.8. The van der Waals surface area contributed by atoms with Gasteiger partial charge in [-0.2, -0.15) is 0 Å². The van der Waals surface area contributed by atoms with Crippen LogP contribution >= 0.6 is 11.8 Å². The van der Waals surface area contributed by atoms with Crippen LogP contribution in [0.25, 0.3) is 10.9 Å². The standard InChI is InChI=1S/C14H16N2O2S/c1-2-18-13(17)8-5-9-19-14-11-6-3-4-7-12(11)15-10-16-14/h3-4,6-7,10H,2,5,8-9H2,1H3. The number of hydrogen-bond acceptors (Lipinski definition) is 5. The molecule has 0 bridgehead atoms. The first-order chi connectivity index (χ1) is 9.31. The second kappa shape index (κ2) is 7.09. The van der Waals surface area contributed by atoms with Gasteiger partial charge >= 0.3 is 5.97 Å². The predicted molar refractivity (Wildman–Crippen MR) is 76.1 cm³/mol. The predicted octanol–water partition coefficient (Wildman–Crippen LogP) is 3.07. The smallest absolute Gasteiger partial charge is 0.305 e. The number of rotatable bonds is 6. The van der Waals surface area contributed by atoms with Crippen molar-refractivity contribution < 1.29 is 9.53 Å². The first-order valence-corrected chi connectivity index (χ1v) is 7.28. The van der Waals surface area contributed by atoms with Crippen molar-refractivity contribution in [1.82, 2.24) is 9.97 Å². The van der Waals surface area contributed by atoms with Crippen LogP contribution in [0.3, 0.4) is 0 Å². The molecule has 4 nitrogen and oxygen atoms in total. The fraction of sp³-hybridized carbons (Fsp3) is 0.357. The minimum Gasteiger partial charge on any atom is -0.466 e. The highest BCUT2D eigenvalue weighted by Crippen LogP contribution is 2.24. The van der Waals surface area contributed by atoms with Gasteiger partial charge in [0.15, 0.2) is 0 Å². The van der Waals surface area contributed by atoms with Crippen LogP contribution in [-0.2, 0) is 9.53 Å². The number of ether oxygens (including phenoxy) is 1. The molecule has 0 fully saturated rings. The van der Waals surface area contributed by atoms with Crippen molar-refractivity contribution in [2.24, 2.45) is 0 Å². The second-order valence-electron chi connectivity index (χ2n) is 3.95. The SMILES string of the molecule is CCOC(=O)CCCSc1ncnc2ccccc12. The molecule has 100 valence electrons.